The summed E-state index contributed by atoms with van der Waals surface area (Å²) < 4.78 is 0. The van der Waals surface area contributed by atoms with Gasteiger partial charge in [0.2, 0.25) is 11.8 Å². The van der Waals surface area contributed by atoms with Crippen LogP contribution in [0.5, 0.6) is 0 Å². The summed E-state index contributed by atoms with van der Waals surface area (Å²) in [5.74, 6) is 1.02. The van der Waals surface area contributed by atoms with Crippen LogP contribution in [0.1, 0.15) is 39.5 Å². The zero-order valence-corrected chi connectivity index (χ0v) is 12.7. The molecule has 0 spiro atoms. The summed E-state index contributed by atoms with van der Waals surface area (Å²) in [6.45, 7) is 6.77. The van der Waals surface area contributed by atoms with Crippen LogP contribution in [0.2, 0.25) is 0 Å². The zero-order chi connectivity index (χ0) is 14.5. The van der Waals surface area contributed by atoms with Crippen LogP contribution in [0.25, 0.3) is 0 Å². The Morgan fingerprint density at radius 1 is 1.25 bits per heavy atom. The van der Waals surface area contributed by atoms with Gasteiger partial charge in [-0.1, -0.05) is 6.92 Å². The molecule has 1 saturated heterocycles. The summed E-state index contributed by atoms with van der Waals surface area (Å²) >= 11 is 0. The Bertz CT molecular complexity index is 351. The molecule has 1 aliphatic carbocycles. The van der Waals surface area contributed by atoms with Crippen molar-refractivity contribution in [2.45, 2.75) is 45.6 Å². The Morgan fingerprint density at radius 2 is 1.95 bits per heavy atom. The molecule has 20 heavy (non-hydrogen) atoms. The first-order valence-corrected chi connectivity index (χ1v) is 7.92. The predicted molar refractivity (Wildman–Crippen MR) is 78.2 cm³/mol. The molecule has 0 aromatic heterocycles. The average Bonchev–Trinajstić information content (AvgIpc) is 2.47. The van der Waals surface area contributed by atoms with Gasteiger partial charge in [-0.3, -0.25) is 9.59 Å². The second kappa shape index (κ2) is 7.07. The van der Waals surface area contributed by atoms with Crippen LogP contribution in [0, 0.1) is 11.8 Å². The van der Waals surface area contributed by atoms with Gasteiger partial charge in [0.05, 0.1) is 0 Å². The molecule has 2 amide bonds. The lowest BCUT2D eigenvalue weighted by molar-refractivity contribution is -0.145. The SMILES string of the molecule is CCNC(=O)C1CNCCN1C(=O)C1CCC(C)CC1. The van der Waals surface area contributed by atoms with E-state index in [1.54, 1.807) is 0 Å². The minimum Gasteiger partial charge on any atom is -0.355 e. The maximum Gasteiger partial charge on any atom is 0.244 e. The van der Waals surface area contributed by atoms with Gasteiger partial charge in [-0.15, -0.1) is 0 Å². The predicted octanol–water partition coefficient (Wildman–Crippen LogP) is 0.749. The third-order valence-electron chi connectivity index (χ3n) is 4.55. The van der Waals surface area contributed by atoms with E-state index in [2.05, 4.69) is 17.6 Å². The Hall–Kier alpha value is -1.10. The number of hydrogen-bond acceptors (Lipinski definition) is 3. The second-order valence-electron chi connectivity index (χ2n) is 6.10. The molecular formula is C15H27N3O2. The average molecular weight is 281 g/mol. The fourth-order valence-electron chi connectivity index (χ4n) is 3.24. The van der Waals surface area contributed by atoms with Crippen LogP contribution < -0.4 is 10.6 Å². The van der Waals surface area contributed by atoms with Crippen LogP contribution in [0.3, 0.4) is 0 Å². The third kappa shape index (κ3) is 3.51. The smallest absolute Gasteiger partial charge is 0.244 e. The molecule has 0 bridgehead atoms. The number of nitrogens with one attached hydrogen (secondary N) is 2. The highest BCUT2D eigenvalue weighted by molar-refractivity contribution is 5.89. The zero-order valence-electron chi connectivity index (χ0n) is 12.7. The van der Waals surface area contributed by atoms with Crippen molar-refractivity contribution >= 4 is 11.8 Å². The van der Waals surface area contributed by atoms with E-state index >= 15 is 0 Å². The molecule has 5 nitrogen and oxygen atoms in total. The van der Waals surface area contributed by atoms with Crippen molar-refractivity contribution in [3.8, 4) is 0 Å². The summed E-state index contributed by atoms with van der Waals surface area (Å²) in [5.41, 5.74) is 0. The van der Waals surface area contributed by atoms with Crippen LogP contribution >= 0.6 is 0 Å². The molecule has 1 unspecified atom stereocenters. The number of amides is 2. The second-order valence-corrected chi connectivity index (χ2v) is 6.10. The van der Waals surface area contributed by atoms with E-state index < -0.39 is 0 Å². The van der Waals surface area contributed by atoms with E-state index in [1.165, 1.54) is 0 Å². The lowest BCUT2D eigenvalue weighted by Gasteiger charge is -2.38. The first-order valence-electron chi connectivity index (χ1n) is 7.92. The first kappa shape index (κ1) is 15.3. The van der Waals surface area contributed by atoms with Crippen molar-refractivity contribution in [3.63, 3.8) is 0 Å². The summed E-state index contributed by atoms with van der Waals surface area (Å²) in [6, 6.07) is -0.337. The van der Waals surface area contributed by atoms with Crippen molar-refractivity contribution in [3.05, 3.63) is 0 Å². The molecule has 5 heteroatoms. The number of nitrogens with zero attached hydrogens (tertiary/aromatic N) is 1. The molecule has 1 saturated carbocycles. The van der Waals surface area contributed by atoms with Crippen molar-refractivity contribution in [2.75, 3.05) is 26.2 Å². The largest absolute Gasteiger partial charge is 0.355 e. The number of rotatable bonds is 3. The van der Waals surface area contributed by atoms with E-state index in [9.17, 15) is 9.59 Å². The minimum absolute atomic E-state index is 0.0303. The molecule has 1 atom stereocenters. The molecule has 0 aromatic carbocycles. The van der Waals surface area contributed by atoms with E-state index in [0.29, 0.717) is 19.6 Å². The molecule has 2 N–H and O–H groups in total. The van der Waals surface area contributed by atoms with Gasteiger partial charge in [-0.05, 0) is 38.5 Å². The molecular weight excluding hydrogens is 254 g/mol. The molecule has 2 aliphatic rings. The minimum atomic E-state index is -0.337. The van der Waals surface area contributed by atoms with Gasteiger partial charge < -0.3 is 15.5 Å². The summed E-state index contributed by atoms with van der Waals surface area (Å²) in [6.07, 6.45) is 4.22. The quantitative estimate of drug-likeness (QED) is 0.802. The van der Waals surface area contributed by atoms with Crippen LogP contribution in [-0.4, -0.2) is 48.9 Å². The van der Waals surface area contributed by atoms with Crippen molar-refractivity contribution in [1.82, 2.24) is 15.5 Å². The normalized spacial score (nSPS) is 30.9. The molecule has 114 valence electrons. The highest BCUT2D eigenvalue weighted by Crippen LogP contribution is 2.30. The van der Waals surface area contributed by atoms with Gasteiger partial charge in [0.15, 0.2) is 0 Å². The molecule has 0 aromatic rings. The van der Waals surface area contributed by atoms with Crippen molar-refractivity contribution in [2.24, 2.45) is 11.8 Å². The lowest BCUT2D eigenvalue weighted by atomic mass is 9.82. The number of piperazine rings is 1. The van der Waals surface area contributed by atoms with Gasteiger partial charge >= 0.3 is 0 Å². The van der Waals surface area contributed by atoms with Crippen LogP contribution in [-0.2, 0) is 9.59 Å². The third-order valence-corrected chi connectivity index (χ3v) is 4.55. The monoisotopic (exact) mass is 281 g/mol. The highest BCUT2D eigenvalue weighted by atomic mass is 16.2. The first-order chi connectivity index (χ1) is 9.63. The molecule has 1 heterocycles. The highest BCUT2D eigenvalue weighted by Gasteiger charge is 2.36. The van der Waals surface area contributed by atoms with Crippen LogP contribution in [0.4, 0.5) is 0 Å². The number of carbonyl (C=O) groups excluding carboxylic acids is 2. The van der Waals surface area contributed by atoms with Gasteiger partial charge in [-0.2, -0.15) is 0 Å². The summed E-state index contributed by atoms with van der Waals surface area (Å²) in [7, 11) is 0. The van der Waals surface area contributed by atoms with E-state index in [0.717, 1.165) is 38.1 Å². The van der Waals surface area contributed by atoms with Crippen molar-refractivity contribution in [1.29, 1.82) is 0 Å². The topological polar surface area (TPSA) is 61.4 Å². The van der Waals surface area contributed by atoms with Crippen molar-refractivity contribution < 1.29 is 9.59 Å². The standard InChI is InChI=1S/C15H27N3O2/c1-3-17-14(19)13-10-16-8-9-18(13)15(20)12-6-4-11(2)5-7-12/h11-13,16H,3-10H2,1-2H3,(H,17,19). The Labute approximate surface area is 121 Å². The van der Waals surface area contributed by atoms with Gasteiger partial charge in [-0.25, -0.2) is 0 Å². The summed E-state index contributed by atoms with van der Waals surface area (Å²) in [5, 5.41) is 6.05. The van der Waals surface area contributed by atoms with Gasteiger partial charge in [0.1, 0.15) is 6.04 Å². The lowest BCUT2D eigenvalue weighted by Crippen LogP contribution is -2.60. The van der Waals surface area contributed by atoms with E-state index in [4.69, 9.17) is 0 Å². The number of hydrogen-bond donors (Lipinski definition) is 2. The fraction of sp³-hybridized carbons (Fsp3) is 0.867. The fourth-order valence-corrected chi connectivity index (χ4v) is 3.24. The Morgan fingerprint density at radius 3 is 2.60 bits per heavy atom. The van der Waals surface area contributed by atoms with Crippen LogP contribution in [0.15, 0.2) is 0 Å². The van der Waals surface area contributed by atoms with Gasteiger partial charge in [0, 0.05) is 32.1 Å². The summed E-state index contributed by atoms with van der Waals surface area (Å²) in [4.78, 5) is 26.6. The molecule has 1 aliphatic heterocycles. The van der Waals surface area contributed by atoms with Gasteiger partial charge in [0.25, 0.3) is 0 Å². The Balaban J connectivity index is 1.99. The Kier molecular flexibility index (Phi) is 5.40. The maximum atomic E-state index is 12.7. The molecule has 0 radical (unpaired) electrons. The molecule has 2 fully saturated rings. The maximum absolute atomic E-state index is 12.7. The molecule has 2 rings (SSSR count). The number of likely N-dealkylation sites (N-methyl/N-ethyl adjacent to an activating group) is 1. The van der Waals surface area contributed by atoms with E-state index in [-0.39, 0.29) is 23.8 Å². The van der Waals surface area contributed by atoms with E-state index in [1.807, 2.05) is 11.8 Å². The number of carbonyl (C=O) groups is 2.